The van der Waals surface area contributed by atoms with Crippen molar-refractivity contribution in [3.63, 3.8) is 0 Å². The maximum absolute atomic E-state index is 14.0. The number of pyridine rings is 1. The number of urea groups is 1. The van der Waals surface area contributed by atoms with Crippen LogP contribution in [0.25, 0.3) is 22.2 Å². The molecule has 2 aromatic heterocycles. The zero-order chi connectivity index (χ0) is 27.5. The molecule has 3 aliphatic rings. The molecule has 2 amide bonds. The highest BCUT2D eigenvalue weighted by atomic mass is 16.5. The number of carbonyl (C=O) groups is 1. The van der Waals surface area contributed by atoms with Gasteiger partial charge in [-0.1, -0.05) is 43.5 Å². The number of carbonyl (C=O) groups excluding carboxylic acids is 1. The first-order valence-corrected chi connectivity index (χ1v) is 14.7. The molecule has 2 aliphatic heterocycles. The lowest BCUT2D eigenvalue weighted by Gasteiger charge is -2.36. The molecule has 10 nitrogen and oxygen atoms in total. The second-order valence-corrected chi connectivity index (χ2v) is 11.2. The summed E-state index contributed by atoms with van der Waals surface area (Å²) in [6.45, 7) is 5.87. The summed E-state index contributed by atoms with van der Waals surface area (Å²) in [5.41, 5.74) is 6.60. The topological polar surface area (TPSA) is 105 Å². The van der Waals surface area contributed by atoms with Crippen LogP contribution in [0.2, 0.25) is 0 Å². The summed E-state index contributed by atoms with van der Waals surface area (Å²) in [6, 6.07) is 10.3. The zero-order valence-electron chi connectivity index (χ0n) is 23.3. The smallest absolute Gasteiger partial charge is 0.317 e. The molecule has 1 aliphatic carbocycles. The first-order chi connectivity index (χ1) is 19.6. The Hall–Kier alpha value is -3.50. The molecule has 0 radical (unpaired) electrons. The highest BCUT2D eigenvalue weighted by Crippen LogP contribution is 2.28. The van der Waals surface area contributed by atoms with Crippen LogP contribution in [-0.2, 0) is 4.74 Å². The summed E-state index contributed by atoms with van der Waals surface area (Å²) < 4.78 is 7.46. The number of ether oxygens (including phenoxy) is 1. The van der Waals surface area contributed by atoms with E-state index in [1.54, 1.807) is 6.20 Å². The summed E-state index contributed by atoms with van der Waals surface area (Å²) in [7, 11) is 0. The molecule has 0 bridgehead atoms. The number of hydrogen-bond donors (Lipinski definition) is 2. The molecule has 3 aromatic rings. The molecule has 0 spiro atoms. The van der Waals surface area contributed by atoms with Crippen LogP contribution in [0.5, 0.6) is 0 Å². The van der Waals surface area contributed by atoms with Crippen molar-refractivity contribution in [2.75, 3.05) is 44.8 Å². The molecule has 3 fully saturated rings. The zero-order valence-corrected chi connectivity index (χ0v) is 23.3. The van der Waals surface area contributed by atoms with Gasteiger partial charge >= 0.3 is 6.03 Å². The van der Waals surface area contributed by atoms with Crippen LogP contribution in [0.1, 0.15) is 56.6 Å². The molecule has 0 unspecified atom stereocenters. The molecule has 1 aromatic carbocycles. The first kappa shape index (κ1) is 26.7. The lowest BCUT2D eigenvalue weighted by Crippen LogP contribution is -2.54. The Morgan fingerprint density at radius 2 is 1.73 bits per heavy atom. The van der Waals surface area contributed by atoms with Crippen molar-refractivity contribution in [2.45, 2.75) is 64.0 Å². The lowest BCUT2D eigenvalue weighted by atomic mass is 9.96. The van der Waals surface area contributed by atoms with E-state index in [9.17, 15) is 9.59 Å². The predicted molar refractivity (Wildman–Crippen MR) is 155 cm³/mol. The molecule has 40 heavy (non-hydrogen) atoms. The number of fused-ring (bicyclic) bond motifs is 1. The fraction of sp³-hybridized carbons (Fsp3) is 0.533. The summed E-state index contributed by atoms with van der Waals surface area (Å²) in [6.07, 6.45) is 9.17. The van der Waals surface area contributed by atoms with Crippen molar-refractivity contribution in [3.8, 4) is 11.1 Å². The van der Waals surface area contributed by atoms with Crippen LogP contribution >= 0.6 is 0 Å². The second-order valence-electron chi connectivity index (χ2n) is 11.2. The second kappa shape index (κ2) is 11.9. The number of benzene rings is 1. The number of hydrazine groups is 1. The minimum Gasteiger partial charge on any atom is -0.381 e. The number of aromatic nitrogens is 3. The van der Waals surface area contributed by atoms with E-state index in [4.69, 9.17) is 9.72 Å². The summed E-state index contributed by atoms with van der Waals surface area (Å²) in [4.78, 5) is 38.1. The van der Waals surface area contributed by atoms with Crippen LogP contribution < -0.4 is 16.3 Å². The number of amides is 2. The van der Waals surface area contributed by atoms with Crippen molar-refractivity contribution in [1.82, 2.24) is 29.8 Å². The molecule has 0 atom stereocenters. The average Bonchev–Trinajstić information content (AvgIpc) is 2.99. The molecule has 1 saturated carbocycles. The Balaban J connectivity index is 1.21. The molecular weight excluding hydrogens is 506 g/mol. The number of rotatable bonds is 5. The molecule has 2 saturated heterocycles. The third-order valence-electron chi connectivity index (χ3n) is 8.52. The number of hydrogen-bond acceptors (Lipinski definition) is 7. The number of nitrogens with one attached hydrogen (secondary N) is 2. The summed E-state index contributed by atoms with van der Waals surface area (Å²) in [5, 5.41) is 6.10. The monoisotopic (exact) mass is 545 g/mol. The van der Waals surface area contributed by atoms with Crippen molar-refractivity contribution >= 4 is 23.0 Å². The van der Waals surface area contributed by atoms with Gasteiger partial charge < -0.3 is 15.0 Å². The van der Waals surface area contributed by atoms with E-state index in [0.29, 0.717) is 62.6 Å². The van der Waals surface area contributed by atoms with Gasteiger partial charge in [-0.15, -0.1) is 0 Å². The van der Waals surface area contributed by atoms with Gasteiger partial charge in [0.1, 0.15) is 5.65 Å². The minimum atomic E-state index is -0.0315. The molecular formula is C30H39N7O3. The Morgan fingerprint density at radius 3 is 2.48 bits per heavy atom. The van der Waals surface area contributed by atoms with Crippen LogP contribution in [-0.4, -0.2) is 75.9 Å². The molecule has 10 heteroatoms. The Labute approximate surface area is 234 Å². The number of anilines is 1. The maximum Gasteiger partial charge on any atom is 0.317 e. The Morgan fingerprint density at radius 1 is 0.975 bits per heavy atom. The summed E-state index contributed by atoms with van der Waals surface area (Å²) >= 11 is 0. The largest absolute Gasteiger partial charge is 0.381 e. The molecule has 212 valence electrons. The van der Waals surface area contributed by atoms with Gasteiger partial charge in [0.05, 0.1) is 0 Å². The van der Waals surface area contributed by atoms with Gasteiger partial charge in [0, 0.05) is 68.6 Å². The van der Waals surface area contributed by atoms with Crippen LogP contribution in [0.4, 0.5) is 10.7 Å². The van der Waals surface area contributed by atoms with Gasteiger partial charge in [-0.2, -0.15) is 4.98 Å². The Kier molecular flexibility index (Phi) is 7.97. The van der Waals surface area contributed by atoms with E-state index in [0.717, 1.165) is 42.2 Å². The SMILES string of the molecule is Cc1ccccc1-c1cc2cnc(NN3CCN(C(=O)NC4CCCCC4)CC3)nc2n(C2CCOCC2)c1=O. The molecule has 6 rings (SSSR count). The fourth-order valence-electron chi connectivity index (χ4n) is 6.20. The van der Waals surface area contributed by atoms with E-state index >= 15 is 0 Å². The van der Waals surface area contributed by atoms with Crippen molar-refractivity contribution in [3.05, 3.63) is 52.4 Å². The van der Waals surface area contributed by atoms with Crippen LogP contribution in [0.15, 0.2) is 41.3 Å². The normalized spacial score (nSPS) is 19.6. The third-order valence-corrected chi connectivity index (χ3v) is 8.52. The van der Waals surface area contributed by atoms with Gasteiger partial charge in [-0.05, 0) is 49.8 Å². The fourth-order valence-corrected chi connectivity index (χ4v) is 6.20. The maximum atomic E-state index is 14.0. The third kappa shape index (κ3) is 5.69. The highest BCUT2D eigenvalue weighted by molar-refractivity contribution is 5.82. The number of piperazine rings is 1. The highest BCUT2D eigenvalue weighted by Gasteiger charge is 2.26. The van der Waals surface area contributed by atoms with Crippen molar-refractivity contribution in [1.29, 1.82) is 0 Å². The van der Waals surface area contributed by atoms with E-state index in [1.807, 2.05) is 51.7 Å². The standard InChI is InChI=1S/C30H39N7O3/c1-21-7-5-6-10-25(21)26-19-22-20-31-29(33-27(22)37(28(26)38)24-11-17-40-18-12-24)34-36-15-13-35(14-16-36)30(39)32-23-8-3-2-4-9-23/h5-7,10,19-20,23-24H,2-4,8-9,11-18H2,1H3,(H,32,39)(H,31,33,34). The Bertz CT molecular complexity index is 1400. The van der Waals surface area contributed by atoms with E-state index in [2.05, 4.69) is 15.7 Å². The summed E-state index contributed by atoms with van der Waals surface area (Å²) in [5.74, 6) is 0.455. The van der Waals surface area contributed by atoms with E-state index in [-0.39, 0.29) is 17.6 Å². The van der Waals surface area contributed by atoms with E-state index in [1.165, 1.54) is 19.3 Å². The van der Waals surface area contributed by atoms with Gasteiger partial charge in [0.15, 0.2) is 0 Å². The van der Waals surface area contributed by atoms with Gasteiger partial charge in [0.25, 0.3) is 5.56 Å². The lowest BCUT2D eigenvalue weighted by molar-refractivity contribution is 0.0697. The van der Waals surface area contributed by atoms with Gasteiger partial charge in [-0.25, -0.2) is 14.8 Å². The minimum absolute atomic E-state index is 0.0155. The first-order valence-electron chi connectivity index (χ1n) is 14.7. The predicted octanol–water partition coefficient (Wildman–Crippen LogP) is 4.11. The van der Waals surface area contributed by atoms with Crippen LogP contribution in [0, 0.1) is 6.92 Å². The van der Waals surface area contributed by atoms with Gasteiger partial charge in [0.2, 0.25) is 5.95 Å². The number of aryl methyl sites for hydroxylation is 1. The van der Waals surface area contributed by atoms with Gasteiger partial charge in [-0.3, -0.25) is 14.8 Å². The van der Waals surface area contributed by atoms with Crippen molar-refractivity contribution < 1.29 is 9.53 Å². The van der Waals surface area contributed by atoms with Crippen LogP contribution in [0.3, 0.4) is 0 Å². The molecule has 2 N–H and O–H groups in total. The number of nitrogens with zero attached hydrogens (tertiary/aromatic N) is 5. The van der Waals surface area contributed by atoms with Crippen molar-refractivity contribution in [2.24, 2.45) is 0 Å². The average molecular weight is 546 g/mol. The quantitative estimate of drug-likeness (QED) is 0.497. The van der Waals surface area contributed by atoms with E-state index < -0.39 is 0 Å². The molecule has 4 heterocycles.